The predicted octanol–water partition coefficient (Wildman–Crippen LogP) is 2.55. The molecule has 44 heteroatoms. The Bertz CT molecular complexity index is 3340. The van der Waals surface area contributed by atoms with Crippen molar-refractivity contribution in [3.8, 4) is 11.5 Å². The molecule has 790 valence electrons. The van der Waals surface area contributed by atoms with Gasteiger partial charge in [0.2, 0.25) is 59.1 Å². The van der Waals surface area contributed by atoms with Crippen LogP contribution in [0.25, 0.3) is 0 Å². The Kier molecular flexibility index (Phi) is 81.8. The van der Waals surface area contributed by atoms with E-state index in [-0.39, 0.29) is 362 Å². The van der Waals surface area contributed by atoms with Gasteiger partial charge in [0.15, 0.2) is 0 Å². The molecule has 0 aliphatic heterocycles. The third-order valence-corrected chi connectivity index (χ3v) is 18.5. The lowest BCUT2D eigenvalue weighted by molar-refractivity contribution is -0.159. The van der Waals surface area contributed by atoms with E-state index in [2.05, 4.69) is 47.9 Å². The molecule has 1 rings (SSSR count). The molecular formula is C93H164N10O34. The Hall–Kier alpha value is -8.71. The second-order valence-electron chi connectivity index (χ2n) is 33.1. The number of primary amides is 1. The number of amides is 10. The lowest BCUT2D eigenvalue weighted by Gasteiger charge is -2.24. The molecule has 44 nitrogen and oxygen atoms in total. The number of esters is 3. The summed E-state index contributed by atoms with van der Waals surface area (Å²) >= 11 is 0. The van der Waals surface area contributed by atoms with Crippen LogP contribution >= 0.6 is 0 Å². The Labute approximate surface area is 808 Å². The van der Waals surface area contributed by atoms with Crippen molar-refractivity contribution in [2.45, 2.75) is 207 Å². The standard InChI is InChI=1S/C93H164N10O34/c1-92(2,3)136-89(114)27-23-21-19-17-15-13-11-9-8-10-12-14-16-18-20-22-25-82(107)103-77(91(116)137-93(4,5)6)30-31-81(106)96-33-42-119-51-59-128-69-88(113)102-39-48-125-56-64-133-74-90(115)135-66-75-28-29-76(65-78(75)117-7)134-40-24-26-80(105)95-32-41-118-50-58-127-68-84(109)98-35-44-121-53-61-130-71-86(111)100-37-46-123-55-63-132-73-87(112)101-38-47-124-54-62-131-72-85(110)99-36-45-122-52-60-129-70-83(108)97-34-43-120-49-57-126-67-79(94)104/h28-29,65,77H,8-27,30-64,66-74H2,1-7H3,(H2,94,104)(H,95,105)(H,96,106)(H,97,108)(H,98,109)(H,99,110)(H,100,111)(H,101,112)(H,102,113)(H,103,107)/t77-/m0/s1. The van der Waals surface area contributed by atoms with Crippen molar-refractivity contribution in [3.05, 3.63) is 23.8 Å². The van der Waals surface area contributed by atoms with E-state index in [1.807, 2.05) is 20.8 Å². The minimum absolute atomic E-state index is 0.0120. The van der Waals surface area contributed by atoms with E-state index in [0.29, 0.717) is 36.3 Å². The van der Waals surface area contributed by atoms with Crippen LogP contribution in [0, 0.1) is 0 Å². The van der Waals surface area contributed by atoms with Crippen LogP contribution in [0.3, 0.4) is 0 Å². The van der Waals surface area contributed by atoms with Crippen LogP contribution in [0.2, 0.25) is 0 Å². The molecule has 0 radical (unpaired) electrons. The fraction of sp³-hybridized carbons (Fsp3) is 0.796. The number of methoxy groups -OCH3 is 1. The Morgan fingerprint density at radius 3 is 0.898 bits per heavy atom. The molecule has 137 heavy (non-hydrogen) atoms. The summed E-state index contributed by atoms with van der Waals surface area (Å²) in [5.74, 6) is -3.69. The summed E-state index contributed by atoms with van der Waals surface area (Å²) in [6, 6.07) is 4.09. The van der Waals surface area contributed by atoms with Gasteiger partial charge in [0.1, 0.15) is 88.2 Å². The minimum atomic E-state index is -0.963. The first-order valence-electron chi connectivity index (χ1n) is 48.0. The van der Waals surface area contributed by atoms with Crippen molar-refractivity contribution in [1.82, 2.24) is 47.9 Å². The summed E-state index contributed by atoms with van der Waals surface area (Å²) in [7, 11) is 1.47. The number of carbonyl (C=O) groups is 13. The first-order chi connectivity index (χ1) is 66.1. The van der Waals surface area contributed by atoms with Crippen LogP contribution in [0.1, 0.15) is 188 Å². The molecule has 10 amide bonds. The van der Waals surface area contributed by atoms with Crippen molar-refractivity contribution < 1.29 is 162 Å². The number of benzene rings is 1. The van der Waals surface area contributed by atoms with Gasteiger partial charge in [0.05, 0.1) is 172 Å². The average molecular weight is 1970 g/mol. The zero-order valence-corrected chi connectivity index (χ0v) is 82.5. The highest BCUT2D eigenvalue weighted by Gasteiger charge is 2.28. The molecular weight excluding hydrogens is 1800 g/mol. The van der Waals surface area contributed by atoms with Gasteiger partial charge < -0.3 is 153 Å². The maximum absolute atomic E-state index is 13.0. The van der Waals surface area contributed by atoms with Crippen LogP contribution in [0.4, 0.5) is 0 Å². The SMILES string of the molecule is COc1cc(OCCCC(=O)NCCOCCOCC(=O)NCCOCCOCC(=O)NCCOCCOCC(=O)NCCOCCOCC(=O)NCCOCCOCC(=O)NCCOCCOCC(N)=O)ccc1COC(=O)COCCOCCNC(=O)COCCOCCNC(=O)CC[C@H](NC(=O)CCCCCCCCCCCCCCCCCCC(=O)OC(C)(C)C)C(=O)OC(C)(C)C. The van der Waals surface area contributed by atoms with E-state index in [1.165, 1.54) is 71.3 Å². The van der Waals surface area contributed by atoms with E-state index in [9.17, 15) is 62.3 Å². The zero-order chi connectivity index (χ0) is 100. The van der Waals surface area contributed by atoms with Gasteiger partial charge in [-0.3, -0.25) is 52.7 Å². The molecule has 1 aromatic rings. The molecule has 0 aromatic heterocycles. The molecule has 11 N–H and O–H groups in total. The minimum Gasteiger partial charge on any atom is -0.496 e. The molecule has 1 aromatic carbocycles. The van der Waals surface area contributed by atoms with Crippen LogP contribution in [-0.2, 0) is 159 Å². The van der Waals surface area contributed by atoms with Crippen LogP contribution in [0.15, 0.2) is 18.2 Å². The first-order valence-corrected chi connectivity index (χ1v) is 48.0. The number of hydrogen-bond acceptors (Lipinski definition) is 34. The van der Waals surface area contributed by atoms with E-state index in [4.69, 9.17) is 105 Å². The number of hydrogen-bond donors (Lipinski definition) is 10. The lowest BCUT2D eigenvalue weighted by Crippen LogP contribution is -2.44. The maximum atomic E-state index is 13.0. The van der Waals surface area contributed by atoms with Crippen molar-refractivity contribution in [1.29, 1.82) is 0 Å². The van der Waals surface area contributed by atoms with Crippen molar-refractivity contribution in [2.24, 2.45) is 5.73 Å². The van der Waals surface area contributed by atoms with E-state index in [1.54, 1.807) is 39.0 Å². The van der Waals surface area contributed by atoms with Crippen LogP contribution in [0.5, 0.6) is 11.5 Å². The summed E-state index contributed by atoms with van der Waals surface area (Å²) in [4.78, 5) is 158. The first kappa shape index (κ1) is 126. The fourth-order valence-corrected chi connectivity index (χ4v) is 11.8. The third kappa shape index (κ3) is 88.5. The Balaban J connectivity index is 1.95. The van der Waals surface area contributed by atoms with Crippen molar-refractivity contribution in [2.75, 3.05) is 277 Å². The number of nitrogens with two attached hydrogens (primary N) is 1. The highest BCUT2D eigenvalue weighted by Crippen LogP contribution is 2.26. The fourth-order valence-electron chi connectivity index (χ4n) is 11.8. The molecule has 0 unspecified atom stereocenters. The normalized spacial score (nSPS) is 11.6. The van der Waals surface area contributed by atoms with E-state index in [0.717, 1.165) is 32.1 Å². The maximum Gasteiger partial charge on any atom is 0.332 e. The third-order valence-electron chi connectivity index (χ3n) is 18.5. The zero-order valence-electron chi connectivity index (χ0n) is 82.5. The average Bonchev–Trinajstić information content (AvgIpc) is 0.884. The monoisotopic (exact) mass is 1970 g/mol. The highest BCUT2D eigenvalue weighted by atomic mass is 16.6. The van der Waals surface area contributed by atoms with Crippen LogP contribution in [-0.4, -0.2) is 372 Å². The number of carbonyl (C=O) groups excluding carboxylic acids is 13. The topological polar surface area (TPSA) is 550 Å². The summed E-state index contributed by atoms with van der Waals surface area (Å²) < 4.78 is 113. The number of nitrogens with one attached hydrogen (secondary N) is 9. The molecule has 0 saturated heterocycles. The summed E-state index contributed by atoms with van der Waals surface area (Å²) in [6.45, 7) is 16.2. The van der Waals surface area contributed by atoms with Gasteiger partial charge in [0.25, 0.3) is 0 Å². The largest absolute Gasteiger partial charge is 0.496 e. The quantitative estimate of drug-likeness (QED) is 0.0254. The van der Waals surface area contributed by atoms with Gasteiger partial charge in [0, 0.05) is 89.7 Å². The van der Waals surface area contributed by atoms with Crippen LogP contribution < -0.4 is 63.1 Å². The van der Waals surface area contributed by atoms with Gasteiger partial charge in [-0.25, -0.2) is 9.59 Å². The van der Waals surface area contributed by atoms with Crippen molar-refractivity contribution in [3.63, 3.8) is 0 Å². The second-order valence-corrected chi connectivity index (χ2v) is 33.1. The van der Waals surface area contributed by atoms with E-state index >= 15 is 0 Å². The summed E-state index contributed by atoms with van der Waals surface area (Å²) in [6.07, 6.45) is 19.7. The lowest BCUT2D eigenvalue weighted by atomic mass is 10.0. The Morgan fingerprint density at radius 2 is 0.577 bits per heavy atom. The number of ether oxygens (including phenoxy) is 21. The van der Waals surface area contributed by atoms with Gasteiger partial charge >= 0.3 is 17.9 Å². The molecule has 0 bridgehead atoms. The molecule has 0 fully saturated rings. The van der Waals surface area contributed by atoms with Gasteiger partial charge in [-0.05, 0) is 79.4 Å². The van der Waals surface area contributed by atoms with Gasteiger partial charge in [-0.2, -0.15) is 0 Å². The van der Waals surface area contributed by atoms with Crippen molar-refractivity contribution >= 4 is 77.0 Å². The number of unbranched alkanes of at least 4 members (excludes halogenated alkanes) is 15. The molecule has 0 spiro atoms. The molecule has 0 aliphatic rings. The highest BCUT2D eigenvalue weighted by molar-refractivity contribution is 5.86. The molecule has 0 saturated carbocycles. The molecule has 0 heterocycles. The van der Waals surface area contributed by atoms with E-state index < -0.39 is 35.1 Å². The van der Waals surface area contributed by atoms with Gasteiger partial charge in [-0.15, -0.1) is 0 Å². The van der Waals surface area contributed by atoms with Gasteiger partial charge in [-0.1, -0.05) is 89.9 Å². The number of rotatable bonds is 96. The summed E-state index contributed by atoms with van der Waals surface area (Å²) in [5.41, 5.74) is 4.36. The second kappa shape index (κ2) is 88.7. The predicted molar refractivity (Wildman–Crippen MR) is 500 cm³/mol. The smallest absolute Gasteiger partial charge is 0.332 e. The molecule has 1 atom stereocenters. The Morgan fingerprint density at radius 1 is 0.292 bits per heavy atom. The summed E-state index contributed by atoms with van der Waals surface area (Å²) in [5, 5.41) is 24.3. The molecule has 0 aliphatic carbocycles.